The van der Waals surface area contributed by atoms with Crippen LogP contribution in [0.15, 0.2) is 22.7 Å². The molecule has 0 saturated heterocycles. The van der Waals surface area contributed by atoms with Crippen LogP contribution in [-0.4, -0.2) is 17.0 Å². The van der Waals surface area contributed by atoms with Crippen LogP contribution in [-0.2, 0) is 15.8 Å². The van der Waals surface area contributed by atoms with Crippen molar-refractivity contribution in [3.8, 4) is 0 Å². The summed E-state index contributed by atoms with van der Waals surface area (Å²) in [5, 5.41) is 11.0. The quantitative estimate of drug-likeness (QED) is 0.847. The molecule has 0 aliphatic carbocycles. The Morgan fingerprint density at radius 1 is 1.29 bits per heavy atom. The molecule has 0 aliphatic heterocycles. The first-order valence-electron chi connectivity index (χ1n) is 5.83. The van der Waals surface area contributed by atoms with Gasteiger partial charge in [0.05, 0.1) is 16.7 Å². The van der Waals surface area contributed by atoms with Gasteiger partial charge < -0.3 is 10.4 Å². The Labute approximate surface area is 127 Å². The minimum absolute atomic E-state index is 0.221. The summed E-state index contributed by atoms with van der Waals surface area (Å²) in [6.07, 6.45) is -5.07. The smallest absolute Gasteiger partial charge is 0.418 e. The number of carbonyl (C=O) groups excluding carboxylic acids is 1. The summed E-state index contributed by atoms with van der Waals surface area (Å²) in [4.78, 5) is 22.7. The summed E-state index contributed by atoms with van der Waals surface area (Å²) in [7, 11) is 0. The number of halogens is 4. The second-order valence-electron chi connectivity index (χ2n) is 5.10. The number of carboxylic acid groups (broad SMARTS) is 1. The molecule has 0 fully saturated rings. The first-order valence-corrected chi connectivity index (χ1v) is 6.63. The molecule has 0 atom stereocenters. The van der Waals surface area contributed by atoms with Gasteiger partial charge in [-0.1, -0.05) is 15.9 Å². The maximum Gasteiger partial charge on any atom is 0.418 e. The molecule has 0 saturated carbocycles. The highest BCUT2D eigenvalue weighted by atomic mass is 79.9. The molecular weight excluding hydrogens is 355 g/mol. The number of nitrogens with one attached hydrogen (secondary N) is 1. The Morgan fingerprint density at radius 2 is 1.86 bits per heavy atom. The van der Waals surface area contributed by atoms with Crippen LogP contribution in [0.1, 0.15) is 25.8 Å². The minimum Gasteiger partial charge on any atom is -0.481 e. The van der Waals surface area contributed by atoms with E-state index in [1.165, 1.54) is 19.9 Å². The summed E-state index contributed by atoms with van der Waals surface area (Å²) in [6, 6.07) is 3.31. The predicted octanol–water partition coefficient (Wildman–Crippen LogP) is 3.91. The highest BCUT2D eigenvalue weighted by Crippen LogP contribution is 2.36. The van der Waals surface area contributed by atoms with Crippen LogP contribution in [0.4, 0.5) is 18.9 Å². The number of carbonyl (C=O) groups is 2. The van der Waals surface area contributed by atoms with Crippen molar-refractivity contribution in [3.05, 3.63) is 28.2 Å². The van der Waals surface area contributed by atoms with E-state index in [4.69, 9.17) is 5.11 Å². The number of hydrogen-bond donors (Lipinski definition) is 2. The molecule has 1 amide bonds. The van der Waals surface area contributed by atoms with Crippen molar-refractivity contribution in [3.63, 3.8) is 0 Å². The van der Waals surface area contributed by atoms with Crippen LogP contribution < -0.4 is 5.32 Å². The maximum absolute atomic E-state index is 12.9. The number of hydrogen-bond acceptors (Lipinski definition) is 2. The summed E-state index contributed by atoms with van der Waals surface area (Å²) in [5.41, 5.74) is -2.77. The number of alkyl halides is 3. The van der Waals surface area contributed by atoms with Gasteiger partial charge in [-0.05, 0) is 32.0 Å². The molecule has 0 aromatic heterocycles. The second-order valence-corrected chi connectivity index (χ2v) is 6.02. The summed E-state index contributed by atoms with van der Waals surface area (Å²) >= 11 is 2.93. The number of carboxylic acids is 1. The first-order chi connectivity index (χ1) is 9.43. The Kier molecular flexibility index (Phi) is 5.03. The lowest BCUT2D eigenvalue weighted by Gasteiger charge is -2.19. The van der Waals surface area contributed by atoms with E-state index in [2.05, 4.69) is 21.2 Å². The van der Waals surface area contributed by atoms with Gasteiger partial charge in [-0.3, -0.25) is 9.59 Å². The van der Waals surface area contributed by atoms with Crippen molar-refractivity contribution < 1.29 is 27.9 Å². The third-order valence-electron chi connectivity index (χ3n) is 2.74. The van der Waals surface area contributed by atoms with E-state index in [-0.39, 0.29) is 4.47 Å². The molecule has 0 radical (unpaired) electrons. The van der Waals surface area contributed by atoms with Crippen LogP contribution in [0.25, 0.3) is 0 Å². The number of rotatable bonds is 4. The molecule has 116 valence electrons. The first kappa shape index (κ1) is 17.5. The zero-order chi connectivity index (χ0) is 16.4. The predicted molar refractivity (Wildman–Crippen MR) is 73.8 cm³/mol. The fraction of sp³-hybridized carbons (Fsp3) is 0.385. The lowest BCUT2D eigenvalue weighted by atomic mass is 9.89. The van der Waals surface area contributed by atoms with Gasteiger partial charge in [0.2, 0.25) is 5.91 Å². The van der Waals surface area contributed by atoms with Gasteiger partial charge in [0.25, 0.3) is 0 Å². The van der Waals surface area contributed by atoms with E-state index in [9.17, 15) is 22.8 Å². The number of amides is 1. The summed E-state index contributed by atoms with van der Waals surface area (Å²) in [5.74, 6) is -2.00. The number of benzene rings is 1. The monoisotopic (exact) mass is 367 g/mol. The molecule has 2 N–H and O–H groups in total. The van der Waals surface area contributed by atoms with Gasteiger partial charge in [-0.2, -0.15) is 13.2 Å². The number of aliphatic carboxylic acids is 1. The second kappa shape index (κ2) is 6.05. The van der Waals surface area contributed by atoms with Gasteiger partial charge in [-0.25, -0.2) is 0 Å². The maximum atomic E-state index is 12.9. The number of anilines is 1. The van der Waals surface area contributed by atoms with E-state index in [0.717, 1.165) is 12.1 Å². The molecule has 1 aromatic rings. The van der Waals surface area contributed by atoms with Crippen LogP contribution in [0.2, 0.25) is 0 Å². The van der Waals surface area contributed by atoms with E-state index < -0.39 is 41.1 Å². The van der Waals surface area contributed by atoms with Crippen molar-refractivity contribution in [2.45, 2.75) is 26.4 Å². The zero-order valence-corrected chi connectivity index (χ0v) is 12.8. The lowest BCUT2D eigenvalue weighted by Crippen LogP contribution is -2.30. The summed E-state index contributed by atoms with van der Waals surface area (Å²) in [6.45, 7) is 2.64. The van der Waals surface area contributed by atoms with Crippen LogP contribution in [0.3, 0.4) is 0 Å². The SMILES string of the molecule is CC(C)(CC(=O)Nc1ccc(Br)cc1C(F)(F)F)C(=O)O. The van der Waals surface area contributed by atoms with E-state index in [1.54, 1.807) is 0 Å². The molecular formula is C13H13BrF3NO3. The Hall–Kier alpha value is -1.57. The van der Waals surface area contributed by atoms with Crippen molar-refractivity contribution in [2.24, 2.45) is 5.41 Å². The van der Waals surface area contributed by atoms with Crippen molar-refractivity contribution in [1.82, 2.24) is 0 Å². The van der Waals surface area contributed by atoms with Gasteiger partial charge in [0, 0.05) is 10.9 Å². The highest BCUT2D eigenvalue weighted by molar-refractivity contribution is 9.10. The van der Waals surface area contributed by atoms with Crippen molar-refractivity contribution in [1.29, 1.82) is 0 Å². The Bertz CT molecular complexity index is 570. The minimum atomic E-state index is -4.63. The van der Waals surface area contributed by atoms with Gasteiger partial charge in [-0.15, -0.1) is 0 Å². The van der Waals surface area contributed by atoms with E-state index in [0.29, 0.717) is 0 Å². The molecule has 4 nitrogen and oxygen atoms in total. The molecule has 0 heterocycles. The molecule has 1 rings (SSSR count). The van der Waals surface area contributed by atoms with Gasteiger partial charge in [0.15, 0.2) is 0 Å². The molecule has 0 unspecified atom stereocenters. The van der Waals surface area contributed by atoms with Gasteiger partial charge in [0.1, 0.15) is 0 Å². The Morgan fingerprint density at radius 3 is 2.33 bits per heavy atom. The fourth-order valence-electron chi connectivity index (χ4n) is 1.53. The molecule has 21 heavy (non-hydrogen) atoms. The topological polar surface area (TPSA) is 66.4 Å². The average Bonchev–Trinajstić information content (AvgIpc) is 2.29. The normalized spacial score (nSPS) is 12.1. The Balaban J connectivity index is 2.99. The zero-order valence-electron chi connectivity index (χ0n) is 11.2. The van der Waals surface area contributed by atoms with Crippen LogP contribution in [0, 0.1) is 5.41 Å². The lowest BCUT2D eigenvalue weighted by molar-refractivity contribution is -0.149. The van der Waals surface area contributed by atoms with E-state index >= 15 is 0 Å². The van der Waals surface area contributed by atoms with Crippen LogP contribution >= 0.6 is 15.9 Å². The molecule has 0 spiro atoms. The highest BCUT2D eigenvalue weighted by Gasteiger charge is 2.35. The van der Waals surface area contributed by atoms with Crippen molar-refractivity contribution >= 4 is 33.5 Å². The third-order valence-corrected chi connectivity index (χ3v) is 3.24. The van der Waals surface area contributed by atoms with Crippen molar-refractivity contribution in [2.75, 3.05) is 5.32 Å². The molecule has 0 aliphatic rings. The van der Waals surface area contributed by atoms with Crippen LogP contribution in [0.5, 0.6) is 0 Å². The summed E-state index contributed by atoms with van der Waals surface area (Å²) < 4.78 is 38.9. The van der Waals surface area contributed by atoms with Gasteiger partial charge >= 0.3 is 12.1 Å². The third kappa shape index (κ3) is 4.73. The van der Waals surface area contributed by atoms with E-state index in [1.807, 2.05) is 0 Å². The fourth-order valence-corrected chi connectivity index (χ4v) is 1.89. The standard InChI is InChI=1S/C13H13BrF3NO3/c1-12(2,11(20)21)6-10(19)18-9-4-3-7(14)5-8(9)13(15,16)17/h3-5H,6H2,1-2H3,(H,18,19)(H,20,21). The average molecular weight is 368 g/mol. The molecule has 1 aromatic carbocycles. The molecule has 8 heteroatoms. The molecule has 0 bridgehead atoms. The largest absolute Gasteiger partial charge is 0.481 e.